The van der Waals surface area contributed by atoms with Gasteiger partial charge in [-0.3, -0.25) is 14.4 Å². The third kappa shape index (κ3) is 10.8. The predicted molar refractivity (Wildman–Crippen MR) is 271 cm³/mol. The Morgan fingerprint density at radius 3 is 1.95 bits per heavy atom. The molecule has 24 nitrogen and oxygen atoms in total. The van der Waals surface area contributed by atoms with Gasteiger partial charge in [0, 0.05) is 112 Å². The number of rotatable bonds is 18. The number of fused-ring (bicyclic) bond motifs is 2. The average molecular weight is 1010 g/mol. The molecule has 3 atom stereocenters. The predicted octanol–water partition coefficient (Wildman–Crippen LogP) is 2.71. The first kappa shape index (κ1) is 50.8. The van der Waals surface area contributed by atoms with Crippen LogP contribution < -0.4 is 26.3 Å². The summed E-state index contributed by atoms with van der Waals surface area (Å²) < 4.78 is 8.99. The number of benzene rings is 3. The van der Waals surface area contributed by atoms with Crippen LogP contribution in [0.15, 0.2) is 76.2 Å². The Labute approximate surface area is 424 Å². The maximum absolute atomic E-state index is 14.1. The summed E-state index contributed by atoms with van der Waals surface area (Å²) in [4.78, 5) is 75.6. The van der Waals surface area contributed by atoms with Crippen LogP contribution in [0.4, 0.5) is 23.5 Å². The first-order valence-corrected chi connectivity index (χ1v) is 24.7. The van der Waals surface area contributed by atoms with Crippen molar-refractivity contribution in [3.8, 4) is 28.2 Å². The number of phenolic OH excluding ortho intramolecular Hbond substituents is 1. The number of nitrogens with two attached hydrogens (primary N) is 1. The number of unbranched alkanes of at least 4 members (excludes halogenated alkanes) is 1. The lowest BCUT2D eigenvalue weighted by atomic mass is 9.90. The fraction of sp³-hybridized carbons (Fsp3) is 0.420. The number of amides is 2. The average Bonchev–Trinajstić information content (AvgIpc) is 4.05. The molecule has 7 N–H and O–H groups in total. The quantitative estimate of drug-likeness (QED) is 0.0532. The molecule has 9 rings (SSSR count). The molecule has 2 fully saturated rings. The maximum atomic E-state index is 14.1. The molecule has 2 amide bonds. The summed E-state index contributed by atoms with van der Waals surface area (Å²) in [6, 6.07) is 12.0. The van der Waals surface area contributed by atoms with Crippen LogP contribution in [0.25, 0.3) is 33.4 Å². The number of aromatic carboxylic acids is 1. The van der Waals surface area contributed by atoms with Gasteiger partial charge in [0.05, 0.1) is 23.1 Å². The van der Waals surface area contributed by atoms with Crippen molar-refractivity contribution in [3.05, 3.63) is 94.2 Å². The molecular weight excluding hydrogens is 955 g/mol. The number of aliphatic hydroxyl groups is 2. The van der Waals surface area contributed by atoms with E-state index in [-0.39, 0.29) is 71.5 Å². The van der Waals surface area contributed by atoms with Crippen LogP contribution in [0.2, 0.25) is 0 Å². The lowest BCUT2D eigenvalue weighted by Gasteiger charge is -2.38. The van der Waals surface area contributed by atoms with Crippen LogP contribution in [0, 0.1) is 5.92 Å². The zero-order valence-electron chi connectivity index (χ0n) is 41.3. The topological polar surface area (TPSA) is 313 Å². The van der Waals surface area contributed by atoms with Crippen LogP contribution in [-0.2, 0) is 22.4 Å². The summed E-state index contributed by atoms with van der Waals surface area (Å²) >= 11 is 0. The zero-order chi connectivity index (χ0) is 52.2. The molecule has 0 spiro atoms. The molecule has 388 valence electrons. The highest BCUT2D eigenvalue weighted by atomic mass is 16.4. The van der Waals surface area contributed by atoms with Crippen molar-refractivity contribution < 1.29 is 39.2 Å². The molecule has 4 aliphatic rings. The second kappa shape index (κ2) is 21.9. The molecule has 0 unspecified atom stereocenters. The van der Waals surface area contributed by atoms with E-state index in [1.807, 2.05) is 23.6 Å². The van der Waals surface area contributed by atoms with Crippen molar-refractivity contribution in [1.29, 1.82) is 0 Å². The minimum Gasteiger partial charge on any atom is -0.508 e. The van der Waals surface area contributed by atoms with Crippen LogP contribution in [0.3, 0.4) is 0 Å². The molecular formula is C50H59N15O9. The first-order valence-electron chi connectivity index (χ1n) is 24.7. The van der Waals surface area contributed by atoms with Gasteiger partial charge < -0.3 is 55.5 Å². The molecule has 0 radical (unpaired) electrons. The Bertz CT molecular complexity index is 3180. The minimum absolute atomic E-state index is 0.0712. The first-order chi connectivity index (χ1) is 35.7. The molecule has 2 aromatic carbocycles. The van der Waals surface area contributed by atoms with Crippen molar-refractivity contribution in [2.45, 2.75) is 64.6 Å². The number of hydrogen-bond donors (Lipinski definition) is 6. The molecule has 5 aromatic rings. The van der Waals surface area contributed by atoms with E-state index in [9.17, 15) is 39.6 Å². The van der Waals surface area contributed by atoms with Crippen LogP contribution in [-0.4, -0.2) is 165 Å². The van der Waals surface area contributed by atoms with E-state index < -0.39 is 24.2 Å². The molecule has 6 heterocycles. The van der Waals surface area contributed by atoms with Crippen molar-refractivity contribution in [1.82, 2.24) is 54.7 Å². The third-order valence-electron chi connectivity index (χ3n) is 13.3. The number of aliphatic hydroxyl groups excluding tert-OH is 2. The van der Waals surface area contributed by atoms with Crippen LogP contribution in [0.5, 0.6) is 5.75 Å². The Hall–Kier alpha value is -8.09. The van der Waals surface area contributed by atoms with E-state index in [1.54, 1.807) is 58.1 Å². The summed E-state index contributed by atoms with van der Waals surface area (Å²) in [5.74, 6) is -0.927. The van der Waals surface area contributed by atoms with Gasteiger partial charge in [0.15, 0.2) is 11.5 Å². The van der Waals surface area contributed by atoms with E-state index in [1.165, 1.54) is 35.0 Å². The number of carboxylic acid groups (broad SMARTS) is 1. The lowest BCUT2D eigenvalue weighted by Crippen LogP contribution is -2.53. The normalized spacial score (nSPS) is 15.5. The van der Waals surface area contributed by atoms with Crippen LogP contribution in [0.1, 0.15) is 67.4 Å². The minimum atomic E-state index is -1.24. The fourth-order valence-electron chi connectivity index (χ4n) is 9.55. The second-order valence-corrected chi connectivity index (χ2v) is 18.9. The highest BCUT2D eigenvalue weighted by Gasteiger charge is 2.36. The van der Waals surface area contributed by atoms with Gasteiger partial charge in [-0.1, -0.05) is 30.3 Å². The maximum Gasteiger partial charge on any atom is 0.336 e. The molecule has 24 heteroatoms. The number of nitrogens with one attached hydrogen (secondary N) is 1. The Kier molecular flexibility index (Phi) is 15.1. The number of aryl methyl sites for hydroxylation is 1. The van der Waals surface area contributed by atoms with E-state index in [4.69, 9.17) is 25.1 Å². The number of aromatic nitrogens is 9. The summed E-state index contributed by atoms with van der Waals surface area (Å²) in [5.41, 5.74) is 8.46. The van der Waals surface area contributed by atoms with Crippen molar-refractivity contribution in [2.24, 2.45) is 11.7 Å². The molecule has 3 aliphatic heterocycles. The number of phenols is 1. The number of carbonyl (C=O) groups excluding carboxylic acids is 2. The van der Waals surface area contributed by atoms with Gasteiger partial charge in [0.2, 0.25) is 29.7 Å². The van der Waals surface area contributed by atoms with Crippen molar-refractivity contribution in [2.75, 3.05) is 80.6 Å². The summed E-state index contributed by atoms with van der Waals surface area (Å²) in [6.45, 7) is 8.48. The van der Waals surface area contributed by atoms with E-state index in [0.29, 0.717) is 110 Å². The lowest BCUT2D eigenvalue weighted by molar-refractivity contribution is -0.139. The molecule has 74 heavy (non-hydrogen) atoms. The number of anilines is 4. The van der Waals surface area contributed by atoms with Gasteiger partial charge >= 0.3 is 5.97 Å². The largest absolute Gasteiger partial charge is 0.508 e. The van der Waals surface area contributed by atoms with Crippen molar-refractivity contribution in [3.63, 3.8) is 0 Å². The molecule has 0 bridgehead atoms. The van der Waals surface area contributed by atoms with Gasteiger partial charge in [0.25, 0.3) is 0 Å². The highest BCUT2D eigenvalue weighted by molar-refractivity contribution is 6.08. The summed E-state index contributed by atoms with van der Waals surface area (Å²) in [6.07, 6.45) is 4.95. The zero-order valence-corrected chi connectivity index (χ0v) is 41.3. The Morgan fingerprint density at radius 2 is 1.35 bits per heavy atom. The number of hydrogen-bond acceptors (Lipinski definition) is 19. The van der Waals surface area contributed by atoms with Gasteiger partial charge in [-0.15, -0.1) is 10.2 Å². The van der Waals surface area contributed by atoms with Gasteiger partial charge in [0.1, 0.15) is 23.1 Å². The molecule has 3 aromatic heterocycles. The number of carbonyl (C=O) groups is 3. The number of carboxylic acids is 1. The third-order valence-corrected chi connectivity index (χ3v) is 13.3. The van der Waals surface area contributed by atoms with Gasteiger partial charge in [-0.2, -0.15) is 15.0 Å². The van der Waals surface area contributed by atoms with Crippen LogP contribution >= 0.6 is 0 Å². The van der Waals surface area contributed by atoms with Crippen molar-refractivity contribution >= 4 is 52.3 Å². The van der Waals surface area contributed by atoms with E-state index in [0.717, 1.165) is 12.8 Å². The number of piperazine rings is 2. The second-order valence-electron chi connectivity index (χ2n) is 18.9. The monoisotopic (exact) mass is 1010 g/mol. The summed E-state index contributed by atoms with van der Waals surface area (Å²) in [7, 11) is 0. The Balaban J connectivity index is 0.999. The Morgan fingerprint density at radius 1 is 0.743 bits per heavy atom. The molecule has 0 saturated carbocycles. The van der Waals surface area contributed by atoms with E-state index >= 15 is 0 Å². The number of aromatic hydroxyl groups is 1. The van der Waals surface area contributed by atoms with E-state index in [2.05, 4.69) is 25.9 Å². The van der Waals surface area contributed by atoms with Gasteiger partial charge in [-0.05, 0) is 80.6 Å². The number of nitrogens with zero attached hydrogens (tertiary/aromatic N) is 13. The SMILES string of the molecule is CC(C)[C@@H](C(=O)N1CCN(c2nc(Nc3ccc(-c4c5ccc(=O)cc-5oc5cc(O)ccc45)c(C(=O)O)c3)nc(N3CCN(C(=O)[C@H]([C@@H](C)O)n4cc(CCCCN)nn4)CC3)n2)CC1)n1cc(CCO)nn1. The smallest absolute Gasteiger partial charge is 0.336 e. The molecule has 1 aliphatic carbocycles. The summed E-state index contributed by atoms with van der Waals surface area (Å²) in [5, 5.41) is 61.8. The van der Waals surface area contributed by atoms with Gasteiger partial charge in [-0.25, -0.2) is 14.2 Å². The fourth-order valence-corrected chi connectivity index (χ4v) is 9.55. The highest BCUT2D eigenvalue weighted by Crippen LogP contribution is 2.42. The molecule has 2 saturated heterocycles. The standard InChI is InChI=1S/C50H59N15O9/c1-29(2)43(64-28-33(13-23-66)57-58-64)45(70)60-15-19-62(20-16-60)49-53-48(54-50(55-49)63-21-17-61(18-22-63)46(71)44(30(3)67)65-27-32(56-59-65)6-4-5-14-51)52-31-7-10-36(39(24-31)47(72)73)42-37-11-8-34(68)25-40(37)74-41-26-35(69)9-12-38(41)42/h7-12,24-30,43-44,66-68H,4-6,13-23,51H2,1-3H3,(H,72,73)(H,52,53,54,55)/t30-,43+,44+/m1/s1.